The lowest BCUT2D eigenvalue weighted by Gasteiger charge is -2.29. The van der Waals surface area contributed by atoms with Crippen LogP contribution in [-0.4, -0.2) is 31.1 Å². The highest BCUT2D eigenvalue weighted by Gasteiger charge is 2.19. The van der Waals surface area contributed by atoms with Crippen molar-refractivity contribution in [2.24, 2.45) is 0 Å². The SMILES string of the molecule is COc1cccc(CCNC(=O)N2CCc3ccccc3C2)c1. The van der Waals surface area contributed by atoms with Crippen LogP contribution in [-0.2, 0) is 19.4 Å². The highest BCUT2D eigenvalue weighted by molar-refractivity contribution is 5.74. The molecule has 1 heterocycles. The minimum Gasteiger partial charge on any atom is -0.497 e. The van der Waals surface area contributed by atoms with E-state index in [0.717, 1.165) is 30.7 Å². The second-order valence-electron chi connectivity index (χ2n) is 5.77. The van der Waals surface area contributed by atoms with Gasteiger partial charge in [-0.1, -0.05) is 36.4 Å². The van der Waals surface area contributed by atoms with Crippen molar-refractivity contribution in [1.82, 2.24) is 10.2 Å². The first-order valence-electron chi connectivity index (χ1n) is 7.99. The lowest BCUT2D eigenvalue weighted by molar-refractivity contribution is 0.192. The van der Waals surface area contributed by atoms with Crippen molar-refractivity contribution in [2.75, 3.05) is 20.2 Å². The Morgan fingerprint density at radius 2 is 2.00 bits per heavy atom. The van der Waals surface area contributed by atoms with Gasteiger partial charge in [0.15, 0.2) is 0 Å². The fraction of sp³-hybridized carbons (Fsp3) is 0.316. The quantitative estimate of drug-likeness (QED) is 0.943. The molecule has 0 aromatic heterocycles. The average Bonchev–Trinajstić information content (AvgIpc) is 2.61. The molecule has 2 aromatic rings. The Labute approximate surface area is 137 Å². The molecule has 0 saturated heterocycles. The molecule has 0 saturated carbocycles. The Morgan fingerprint density at radius 3 is 2.83 bits per heavy atom. The Morgan fingerprint density at radius 1 is 1.17 bits per heavy atom. The zero-order valence-corrected chi connectivity index (χ0v) is 13.4. The normalized spacial score (nSPS) is 13.3. The summed E-state index contributed by atoms with van der Waals surface area (Å²) < 4.78 is 5.22. The Balaban J connectivity index is 1.50. The van der Waals surface area contributed by atoms with E-state index in [1.807, 2.05) is 35.2 Å². The third-order valence-electron chi connectivity index (χ3n) is 4.24. The number of carbonyl (C=O) groups is 1. The number of methoxy groups -OCH3 is 1. The second-order valence-corrected chi connectivity index (χ2v) is 5.77. The number of carbonyl (C=O) groups excluding carboxylic acids is 1. The summed E-state index contributed by atoms with van der Waals surface area (Å²) in [5, 5.41) is 3.02. The van der Waals surface area contributed by atoms with E-state index in [-0.39, 0.29) is 6.03 Å². The van der Waals surface area contributed by atoms with Gasteiger partial charge in [-0.3, -0.25) is 0 Å². The van der Waals surface area contributed by atoms with Gasteiger partial charge in [-0.15, -0.1) is 0 Å². The molecule has 0 bridgehead atoms. The summed E-state index contributed by atoms with van der Waals surface area (Å²) in [6.45, 7) is 2.10. The van der Waals surface area contributed by atoms with Crippen LogP contribution in [0.1, 0.15) is 16.7 Å². The number of rotatable bonds is 4. The Hall–Kier alpha value is -2.49. The van der Waals surface area contributed by atoms with Gasteiger partial charge in [0.25, 0.3) is 0 Å². The van der Waals surface area contributed by atoms with Gasteiger partial charge in [0.1, 0.15) is 5.75 Å². The van der Waals surface area contributed by atoms with Gasteiger partial charge in [-0.05, 0) is 41.7 Å². The number of fused-ring (bicyclic) bond motifs is 1. The van der Waals surface area contributed by atoms with Gasteiger partial charge in [0, 0.05) is 19.6 Å². The van der Waals surface area contributed by atoms with Crippen LogP contribution >= 0.6 is 0 Å². The highest BCUT2D eigenvalue weighted by Crippen LogP contribution is 2.18. The largest absolute Gasteiger partial charge is 0.497 e. The van der Waals surface area contributed by atoms with Crippen molar-refractivity contribution < 1.29 is 9.53 Å². The van der Waals surface area contributed by atoms with Crippen LogP contribution in [0.3, 0.4) is 0 Å². The number of hydrogen-bond donors (Lipinski definition) is 1. The first-order valence-corrected chi connectivity index (χ1v) is 7.99. The van der Waals surface area contributed by atoms with Gasteiger partial charge in [-0.2, -0.15) is 0 Å². The molecule has 2 amide bonds. The fourth-order valence-electron chi connectivity index (χ4n) is 2.92. The van der Waals surface area contributed by atoms with Gasteiger partial charge in [-0.25, -0.2) is 4.79 Å². The van der Waals surface area contributed by atoms with E-state index < -0.39 is 0 Å². The minimum absolute atomic E-state index is 0.0161. The van der Waals surface area contributed by atoms with Gasteiger partial charge in [0.05, 0.1) is 7.11 Å². The third kappa shape index (κ3) is 3.83. The number of nitrogens with zero attached hydrogens (tertiary/aromatic N) is 1. The van der Waals surface area contributed by atoms with Crippen molar-refractivity contribution in [2.45, 2.75) is 19.4 Å². The minimum atomic E-state index is 0.0161. The maximum atomic E-state index is 12.3. The lowest BCUT2D eigenvalue weighted by atomic mass is 10.0. The zero-order chi connectivity index (χ0) is 16.1. The zero-order valence-electron chi connectivity index (χ0n) is 13.4. The molecule has 1 aliphatic rings. The summed E-state index contributed by atoms with van der Waals surface area (Å²) in [5.74, 6) is 0.849. The predicted molar refractivity (Wildman–Crippen MR) is 90.7 cm³/mol. The Bertz CT molecular complexity index is 685. The number of nitrogens with one attached hydrogen (secondary N) is 1. The van der Waals surface area contributed by atoms with Crippen LogP contribution in [0.4, 0.5) is 4.79 Å². The molecule has 0 unspecified atom stereocenters. The van der Waals surface area contributed by atoms with E-state index in [9.17, 15) is 4.79 Å². The summed E-state index contributed by atoms with van der Waals surface area (Å²) in [6, 6.07) is 16.3. The number of amides is 2. The fourth-order valence-corrected chi connectivity index (χ4v) is 2.92. The third-order valence-corrected chi connectivity index (χ3v) is 4.24. The molecule has 0 radical (unpaired) electrons. The molecule has 4 heteroatoms. The number of ether oxygens (including phenoxy) is 1. The summed E-state index contributed by atoms with van der Waals surface area (Å²) in [7, 11) is 1.66. The number of benzene rings is 2. The standard InChI is InChI=1S/C19H22N2O2/c1-23-18-8-4-5-15(13-18)9-11-20-19(22)21-12-10-16-6-2-3-7-17(16)14-21/h2-8,13H,9-12,14H2,1H3,(H,20,22). The second kappa shape index (κ2) is 7.18. The van der Waals surface area contributed by atoms with E-state index >= 15 is 0 Å². The maximum absolute atomic E-state index is 12.3. The molecule has 4 nitrogen and oxygen atoms in total. The molecular formula is C19H22N2O2. The lowest BCUT2D eigenvalue weighted by Crippen LogP contribution is -2.43. The van der Waals surface area contributed by atoms with Crippen LogP contribution in [0.2, 0.25) is 0 Å². The van der Waals surface area contributed by atoms with E-state index in [1.165, 1.54) is 11.1 Å². The molecule has 1 N–H and O–H groups in total. The van der Waals surface area contributed by atoms with Crippen LogP contribution in [0.15, 0.2) is 48.5 Å². The average molecular weight is 310 g/mol. The van der Waals surface area contributed by atoms with Gasteiger partial charge < -0.3 is 15.0 Å². The Kier molecular flexibility index (Phi) is 4.81. The molecule has 23 heavy (non-hydrogen) atoms. The maximum Gasteiger partial charge on any atom is 0.317 e. The van der Waals surface area contributed by atoms with Crippen LogP contribution in [0.25, 0.3) is 0 Å². The topological polar surface area (TPSA) is 41.6 Å². The molecular weight excluding hydrogens is 288 g/mol. The number of hydrogen-bond acceptors (Lipinski definition) is 2. The molecule has 2 aromatic carbocycles. The monoisotopic (exact) mass is 310 g/mol. The number of urea groups is 1. The summed E-state index contributed by atoms with van der Waals surface area (Å²) >= 11 is 0. The molecule has 3 rings (SSSR count). The summed E-state index contributed by atoms with van der Waals surface area (Å²) in [6.07, 6.45) is 1.73. The molecule has 1 aliphatic heterocycles. The highest BCUT2D eigenvalue weighted by atomic mass is 16.5. The first kappa shape index (κ1) is 15.4. The van der Waals surface area contributed by atoms with E-state index in [2.05, 4.69) is 23.5 Å². The van der Waals surface area contributed by atoms with Crippen molar-refractivity contribution in [3.63, 3.8) is 0 Å². The molecule has 0 aliphatic carbocycles. The first-order chi connectivity index (χ1) is 11.3. The van der Waals surface area contributed by atoms with E-state index in [1.54, 1.807) is 7.11 Å². The molecule has 0 atom stereocenters. The van der Waals surface area contributed by atoms with Gasteiger partial charge >= 0.3 is 6.03 Å². The van der Waals surface area contributed by atoms with Gasteiger partial charge in [0.2, 0.25) is 0 Å². The van der Waals surface area contributed by atoms with Crippen molar-refractivity contribution in [3.05, 3.63) is 65.2 Å². The van der Waals surface area contributed by atoms with Crippen LogP contribution < -0.4 is 10.1 Å². The van der Waals surface area contributed by atoms with E-state index in [0.29, 0.717) is 13.1 Å². The molecule has 120 valence electrons. The van der Waals surface area contributed by atoms with Crippen molar-refractivity contribution >= 4 is 6.03 Å². The van der Waals surface area contributed by atoms with Crippen molar-refractivity contribution in [3.8, 4) is 5.75 Å². The molecule has 0 fully saturated rings. The predicted octanol–water partition coefficient (Wildman–Crippen LogP) is 3.01. The summed E-state index contributed by atoms with van der Waals surface area (Å²) in [4.78, 5) is 14.2. The van der Waals surface area contributed by atoms with Crippen LogP contribution in [0, 0.1) is 0 Å². The molecule has 0 spiro atoms. The van der Waals surface area contributed by atoms with E-state index in [4.69, 9.17) is 4.74 Å². The van der Waals surface area contributed by atoms with Crippen LogP contribution in [0.5, 0.6) is 5.75 Å². The van der Waals surface area contributed by atoms with Crippen molar-refractivity contribution in [1.29, 1.82) is 0 Å². The summed E-state index contributed by atoms with van der Waals surface area (Å²) in [5.41, 5.74) is 3.77. The smallest absolute Gasteiger partial charge is 0.317 e.